The lowest BCUT2D eigenvalue weighted by molar-refractivity contribution is 0.416. The zero-order chi connectivity index (χ0) is 28.1. The van der Waals surface area contributed by atoms with Crippen LogP contribution in [0.5, 0.6) is 5.75 Å². The maximum absolute atomic E-state index is 6.51. The molecule has 5 rings (SSSR count). The number of methoxy groups -OCH3 is 1. The Morgan fingerprint density at radius 3 is 2.48 bits per heavy atom. The van der Waals surface area contributed by atoms with Gasteiger partial charge in [0, 0.05) is 33.8 Å². The zero-order valence-corrected chi connectivity index (χ0v) is 24.4. The molecule has 1 unspecified atom stereocenters. The lowest BCUT2D eigenvalue weighted by Gasteiger charge is -2.32. The monoisotopic (exact) mass is 553 g/mol. The van der Waals surface area contributed by atoms with E-state index in [2.05, 4.69) is 59.4 Å². The normalized spacial score (nSPS) is 12.5. The van der Waals surface area contributed by atoms with Crippen LogP contribution < -0.4 is 15.0 Å². The van der Waals surface area contributed by atoms with Crippen molar-refractivity contribution in [3.63, 3.8) is 0 Å². The summed E-state index contributed by atoms with van der Waals surface area (Å²) < 4.78 is 5.85. The summed E-state index contributed by atoms with van der Waals surface area (Å²) in [5.41, 5.74) is 4.31. The van der Waals surface area contributed by atoms with Crippen LogP contribution in [-0.4, -0.2) is 37.8 Å². The highest BCUT2D eigenvalue weighted by Gasteiger charge is 2.21. The molecule has 5 aromatic rings. The van der Waals surface area contributed by atoms with Gasteiger partial charge in [-0.3, -0.25) is 0 Å². The number of nitrogens with zero attached hydrogens (tertiary/aromatic N) is 4. The molecule has 0 aliphatic heterocycles. The van der Waals surface area contributed by atoms with Crippen LogP contribution in [0.15, 0.2) is 83.0 Å². The summed E-state index contributed by atoms with van der Waals surface area (Å²) in [4.78, 5) is 7.49. The quantitative estimate of drug-likeness (QED) is 0.101. The highest BCUT2D eigenvalue weighted by atomic mass is 35.5. The fourth-order valence-electron chi connectivity index (χ4n) is 5.41. The molecule has 0 radical (unpaired) electrons. The fraction of sp³-hybridized carbons (Fsp3) is 0.303. The first kappa shape index (κ1) is 27.8. The van der Waals surface area contributed by atoms with Gasteiger partial charge in [-0.05, 0) is 81.6 Å². The number of fused-ring (bicyclic) bond motifs is 3. The number of benzene rings is 4. The molecular formula is C33H36ClN5O. The largest absolute Gasteiger partial charge is 0.494 e. The first-order chi connectivity index (χ1) is 19.5. The van der Waals surface area contributed by atoms with Gasteiger partial charge in [0.2, 0.25) is 0 Å². The number of ether oxygens (including phenoxy) is 1. The van der Waals surface area contributed by atoms with E-state index in [0.29, 0.717) is 22.5 Å². The Balaban J connectivity index is 1.63. The van der Waals surface area contributed by atoms with Gasteiger partial charge in [0.05, 0.1) is 29.5 Å². The van der Waals surface area contributed by atoms with Crippen LogP contribution in [-0.2, 0) is 0 Å². The Kier molecular flexibility index (Phi) is 8.78. The fourth-order valence-corrected chi connectivity index (χ4v) is 5.58. The first-order valence-corrected chi connectivity index (χ1v) is 14.4. The van der Waals surface area contributed by atoms with Gasteiger partial charge in [-0.25, -0.2) is 4.98 Å². The Morgan fingerprint density at radius 1 is 0.900 bits per heavy atom. The highest BCUT2D eigenvalue weighted by molar-refractivity contribution is 6.31. The van der Waals surface area contributed by atoms with Gasteiger partial charge < -0.3 is 15.0 Å². The molecule has 0 aliphatic carbocycles. The summed E-state index contributed by atoms with van der Waals surface area (Å²) in [6, 6.07) is 24.5. The van der Waals surface area contributed by atoms with Crippen molar-refractivity contribution in [2.45, 2.75) is 39.7 Å². The van der Waals surface area contributed by atoms with Crippen LogP contribution in [0.1, 0.15) is 33.6 Å². The van der Waals surface area contributed by atoms with Crippen LogP contribution in [0.3, 0.4) is 0 Å². The Bertz CT molecular complexity index is 1660. The van der Waals surface area contributed by atoms with E-state index in [-0.39, 0.29) is 0 Å². The molecule has 1 aromatic heterocycles. The number of pyridine rings is 1. The lowest BCUT2D eigenvalue weighted by Crippen LogP contribution is -2.34. The van der Waals surface area contributed by atoms with Crippen molar-refractivity contribution in [3.05, 3.63) is 77.8 Å². The molecule has 6 nitrogen and oxygen atoms in total. The van der Waals surface area contributed by atoms with Gasteiger partial charge >= 0.3 is 0 Å². The molecule has 1 N–H and O–H groups in total. The topological polar surface area (TPSA) is 62.1 Å². The second-order valence-electron chi connectivity index (χ2n) is 9.99. The van der Waals surface area contributed by atoms with Gasteiger partial charge in [0.15, 0.2) is 0 Å². The van der Waals surface area contributed by atoms with E-state index in [1.54, 1.807) is 7.11 Å². The molecule has 4 aromatic carbocycles. The second kappa shape index (κ2) is 12.6. The van der Waals surface area contributed by atoms with Gasteiger partial charge in [-0.2, -0.15) is 0 Å². The zero-order valence-electron chi connectivity index (χ0n) is 23.6. The number of halogens is 1. The molecular weight excluding hydrogens is 518 g/mol. The summed E-state index contributed by atoms with van der Waals surface area (Å²) in [5, 5.41) is 17.6. The molecule has 0 fully saturated rings. The Labute approximate surface area is 241 Å². The lowest BCUT2D eigenvalue weighted by atomic mass is 10.0. The number of hydrogen-bond donors (Lipinski definition) is 1. The van der Waals surface area contributed by atoms with Crippen molar-refractivity contribution in [2.24, 2.45) is 10.2 Å². The molecule has 40 heavy (non-hydrogen) atoms. The minimum atomic E-state index is 0.327. The number of nitrogens with one attached hydrogen (secondary N) is 1. The van der Waals surface area contributed by atoms with Gasteiger partial charge in [-0.1, -0.05) is 54.9 Å². The third kappa shape index (κ3) is 5.74. The predicted octanol–water partition coefficient (Wildman–Crippen LogP) is 9.22. The van der Waals surface area contributed by atoms with Crippen molar-refractivity contribution in [1.29, 1.82) is 0 Å². The summed E-state index contributed by atoms with van der Waals surface area (Å²) in [6.45, 7) is 9.50. The van der Waals surface area contributed by atoms with Gasteiger partial charge in [0.1, 0.15) is 11.4 Å². The minimum absolute atomic E-state index is 0.327. The molecule has 1 atom stereocenters. The average Bonchev–Trinajstić information content (AvgIpc) is 2.98. The molecule has 0 saturated heterocycles. The predicted molar refractivity (Wildman–Crippen MR) is 169 cm³/mol. The van der Waals surface area contributed by atoms with E-state index in [9.17, 15) is 0 Å². The molecule has 7 heteroatoms. The third-order valence-corrected chi connectivity index (χ3v) is 7.66. The summed E-state index contributed by atoms with van der Waals surface area (Å²) in [7, 11) is 1.67. The molecule has 0 bridgehead atoms. The summed E-state index contributed by atoms with van der Waals surface area (Å²) in [5.74, 6) is 0.650. The third-order valence-electron chi connectivity index (χ3n) is 7.42. The molecule has 0 aliphatic rings. The number of rotatable bonds is 11. The highest BCUT2D eigenvalue weighted by Crippen LogP contribution is 2.42. The molecule has 0 amide bonds. The van der Waals surface area contributed by atoms with Crippen molar-refractivity contribution in [2.75, 3.05) is 31.6 Å². The maximum atomic E-state index is 6.51. The smallest absolute Gasteiger partial charge is 0.147 e. The van der Waals surface area contributed by atoms with Crippen molar-refractivity contribution >= 4 is 61.2 Å². The number of hydrogen-bond acceptors (Lipinski definition) is 6. The Morgan fingerprint density at radius 2 is 1.68 bits per heavy atom. The van der Waals surface area contributed by atoms with E-state index in [4.69, 9.17) is 21.3 Å². The van der Waals surface area contributed by atoms with Crippen LogP contribution >= 0.6 is 11.6 Å². The number of azo groups is 1. The van der Waals surface area contributed by atoms with Crippen LogP contribution in [0.4, 0.5) is 17.1 Å². The van der Waals surface area contributed by atoms with Crippen molar-refractivity contribution in [3.8, 4) is 5.75 Å². The number of anilines is 1. The van der Waals surface area contributed by atoms with Crippen LogP contribution in [0.25, 0.3) is 32.6 Å². The average molecular weight is 554 g/mol. The SMILES string of the molecule is CCNCCCC(C)N(CC)c1c2cc(Cl)ccc2nc2cc(N=Nc3cccc4ccccc34)c(OC)cc12. The second-order valence-corrected chi connectivity index (χ2v) is 10.4. The molecule has 206 valence electrons. The standard InChI is InChI=1S/C33H36ClN5O/c1-5-35-18-10-11-22(3)39(6-2)33-26-19-24(34)16-17-28(26)36-30-21-31(32(40-4)20-27(30)33)38-37-29-15-9-13-23-12-7-8-14-25(23)29/h7-9,12-17,19-22,35H,5-6,10-11,18H2,1-4H3. The first-order valence-electron chi connectivity index (χ1n) is 14.0. The molecule has 0 saturated carbocycles. The molecule has 1 heterocycles. The number of aromatic nitrogens is 1. The van der Waals surface area contributed by atoms with Gasteiger partial charge in [0.25, 0.3) is 0 Å². The minimum Gasteiger partial charge on any atom is -0.494 e. The maximum Gasteiger partial charge on any atom is 0.147 e. The van der Waals surface area contributed by atoms with Crippen molar-refractivity contribution < 1.29 is 4.74 Å². The van der Waals surface area contributed by atoms with Crippen LogP contribution in [0, 0.1) is 0 Å². The van der Waals surface area contributed by atoms with E-state index in [1.165, 1.54) is 0 Å². The summed E-state index contributed by atoms with van der Waals surface area (Å²) in [6.07, 6.45) is 2.18. The van der Waals surface area contributed by atoms with Crippen molar-refractivity contribution in [1.82, 2.24) is 10.3 Å². The van der Waals surface area contributed by atoms with E-state index in [0.717, 1.165) is 76.4 Å². The molecule has 0 spiro atoms. The van der Waals surface area contributed by atoms with E-state index in [1.807, 2.05) is 54.6 Å². The van der Waals surface area contributed by atoms with Crippen LogP contribution in [0.2, 0.25) is 5.02 Å². The Hall–Kier alpha value is -3.74. The summed E-state index contributed by atoms with van der Waals surface area (Å²) >= 11 is 6.51. The van der Waals surface area contributed by atoms with E-state index < -0.39 is 0 Å². The van der Waals surface area contributed by atoms with E-state index >= 15 is 0 Å². The van der Waals surface area contributed by atoms with Gasteiger partial charge in [-0.15, -0.1) is 10.2 Å².